The Morgan fingerprint density at radius 1 is 1.18 bits per heavy atom. The number of fused-ring (bicyclic) bond motifs is 3. The smallest absolute Gasteiger partial charge is 0.245 e. The Kier molecular flexibility index (Phi) is 5.42. The first kappa shape index (κ1) is 24.0. The van der Waals surface area contributed by atoms with Crippen LogP contribution >= 0.6 is 0 Å². The van der Waals surface area contributed by atoms with Crippen molar-refractivity contribution in [2.24, 2.45) is 24.8 Å². The van der Waals surface area contributed by atoms with Gasteiger partial charge in [0, 0.05) is 48.9 Å². The topological polar surface area (TPSA) is 118 Å². The molecule has 1 aromatic carbocycles. The molecule has 10 nitrogen and oxygen atoms in total. The van der Waals surface area contributed by atoms with Crippen LogP contribution in [0.5, 0.6) is 23.1 Å². The molecule has 1 amide bonds. The number of likely N-dealkylation sites (tertiary alicyclic amines) is 1. The third-order valence-corrected chi connectivity index (χ3v) is 7.86. The number of rotatable bonds is 4. The minimum Gasteiger partial charge on any atom is -0.453 e. The van der Waals surface area contributed by atoms with Crippen LogP contribution in [0.4, 0.5) is 5.82 Å². The van der Waals surface area contributed by atoms with Gasteiger partial charge in [0.05, 0.1) is 5.39 Å². The first-order chi connectivity index (χ1) is 19.4. The molecule has 4 aromatic rings. The van der Waals surface area contributed by atoms with E-state index in [1.807, 2.05) is 47.7 Å². The summed E-state index contributed by atoms with van der Waals surface area (Å²) in [4.78, 5) is 27.0. The molecular formula is C30H26N6O4. The first-order valence-corrected chi connectivity index (χ1v) is 13.0. The van der Waals surface area contributed by atoms with Crippen molar-refractivity contribution in [3.05, 3.63) is 60.7 Å². The molecule has 5 heterocycles. The van der Waals surface area contributed by atoms with Gasteiger partial charge in [-0.05, 0) is 49.0 Å². The quantitative estimate of drug-likeness (QED) is 0.311. The van der Waals surface area contributed by atoms with Crippen LogP contribution in [0.2, 0.25) is 0 Å². The number of hydrogen-bond donors (Lipinski definition) is 1. The Morgan fingerprint density at radius 2 is 1.98 bits per heavy atom. The SMILES string of the molecule is C=CC(=O)N1C[C@@H]2[C@@H](C#Cc3c(-c4ccc(Oc5cccc(C)n5)c5c4OCO5)c4c(N)ncnc4n3C)[C@@H]2C1. The first-order valence-electron chi connectivity index (χ1n) is 13.0. The zero-order chi connectivity index (χ0) is 27.5. The minimum absolute atomic E-state index is 0.0226. The van der Waals surface area contributed by atoms with E-state index in [0.717, 1.165) is 22.5 Å². The molecule has 0 unspecified atom stereocenters. The highest BCUT2D eigenvalue weighted by atomic mass is 16.7. The Hall–Kier alpha value is -5.04. The van der Waals surface area contributed by atoms with Crippen LogP contribution < -0.4 is 19.9 Å². The molecule has 3 atom stereocenters. The zero-order valence-electron chi connectivity index (χ0n) is 22.0. The van der Waals surface area contributed by atoms with Crippen LogP contribution in [-0.4, -0.2) is 50.2 Å². The number of anilines is 1. The van der Waals surface area contributed by atoms with Crippen molar-refractivity contribution in [2.45, 2.75) is 6.92 Å². The van der Waals surface area contributed by atoms with Crippen molar-refractivity contribution in [1.82, 2.24) is 24.4 Å². The number of nitrogens with two attached hydrogens (primary N) is 1. The molecule has 200 valence electrons. The number of nitrogen functional groups attached to an aromatic ring is 1. The van der Waals surface area contributed by atoms with E-state index in [-0.39, 0.29) is 18.6 Å². The molecule has 2 fully saturated rings. The van der Waals surface area contributed by atoms with Gasteiger partial charge in [-0.3, -0.25) is 4.79 Å². The number of ether oxygens (including phenoxy) is 3. The van der Waals surface area contributed by atoms with E-state index in [0.29, 0.717) is 64.9 Å². The van der Waals surface area contributed by atoms with Crippen molar-refractivity contribution < 1.29 is 19.0 Å². The highest BCUT2D eigenvalue weighted by molar-refractivity contribution is 6.05. The van der Waals surface area contributed by atoms with Crippen LogP contribution in [0.25, 0.3) is 22.2 Å². The fourth-order valence-corrected chi connectivity index (χ4v) is 5.82. The summed E-state index contributed by atoms with van der Waals surface area (Å²) >= 11 is 0. The van der Waals surface area contributed by atoms with Crippen LogP contribution in [0.1, 0.15) is 11.4 Å². The molecule has 3 aliphatic rings. The second-order valence-electron chi connectivity index (χ2n) is 10.2. The Morgan fingerprint density at radius 3 is 2.75 bits per heavy atom. The van der Waals surface area contributed by atoms with E-state index in [4.69, 9.17) is 19.9 Å². The van der Waals surface area contributed by atoms with Crippen LogP contribution in [0.3, 0.4) is 0 Å². The Labute approximate surface area is 230 Å². The monoisotopic (exact) mass is 534 g/mol. The summed E-state index contributed by atoms with van der Waals surface area (Å²) in [6.07, 6.45) is 2.82. The molecule has 1 aliphatic carbocycles. The minimum atomic E-state index is -0.0226. The second kappa shape index (κ2) is 9.02. The Balaban J connectivity index is 1.30. The predicted octanol–water partition coefficient (Wildman–Crippen LogP) is 3.68. The third kappa shape index (κ3) is 3.73. The third-order valence-electron chi connectivity index (χ3n) is 7.86. The summed E-state index contributed by atoms with van der Waals surface area (Å²) < 4.78 is 19.8. The number of hydrogen-bond acceptors (Lipinski definition) is 8. The number of carbonyl (C=O) groups excluding carboxylic acids is 1. The second-order valence-corrected chi connectivity index (χ2v) is 10.2. The molecule has 3 aromatic heterocycles. The average molecular weight is 535 g/mol. The van der Waals surface area contributed by atoms with E-state index in [1.54, 1.807) is 6.07 Å². The molecular weight excluding hydrogens is 508 g/mol. The normalized spacial score (nSPS) is 20.1. The van der Waals surface area contributed by atoms with Gasteiger partial charge in [-0.1, -0.05) is 18.6 Å². The van der Waals surface area contributed by atoms with Crippen molar-refractivity contribution in [3.63, 3.8) is 0 Å². The molecule has 0 spiro atoms. The summed E-state index contributed by atoms with van der Waals surface area (Å²) in [5.74, 6) is 10.2. The van der Waals surface area contributed by atoms with Crippen molar-refractivity contribution in [1.29, 1.82) is 0 Å². The van der Waals surface area contributed by atoms with Gasteiger partial charge in [0.1, 0.15) is 23.5 Å². The molecule has 1 saturated carbocycles. The molecule has 0 radical (unpaired) electrons. The van der Waals surface area contributed by atoms with Crippen molar-refractivity contribution in [2.75, 3.05) is 25.6 Å². The summed E-state index contributed by atoms with van der Waals surface area (Å²) in [6, 6.07) is 9.33. The van der Waals surface area contributed by atoms with Gasteiger partial charge < -0.3 is 29.4 Å². The number of nitrogens with zero attached hydrogens (tertiary/aromatic N) is 5. The molecule has 2 N–H and O–H groups in total. The van der Waals surface area contributed by atoms with Crippen LogP contribution in [-0.2, 0) is 11.8 Å². The largest absolute Gasteiger partial charge is 0.453 e. The number of aryl methyl sites for hydroxylation is 2. The van der Waals surface area contributed by atoms with Crippen LogP contribution in [0, 0.1) is 36.5 Å². The molecule has 40 heavy (non-hydrogen) atoms. The van der Waals surface area contributed by atoms with Gasteiger partial charge in [-0.2, -0.15) is 0 Å². The number of piperidine rings is 1. The van der Waals surface area contributed by atoms with Gasteiger partial charge in [-0.15, -0.1) is 0 Å². The Bertz CT molecular complexity index is 1770. The summed E-state index contributed by atoms with van der Waals surface area (Å²) in [7, 11) is 1.92. The predicted molar refractivity (Wildman–Crippen MR) is 148 cm³/mol. The van der Waals surface area contributed by atoms with Gasteiger partial charge in [-0.25, -0.2) is 15.0 Å². The summed E-state index contributed by atoms with van der Waals surface area (Å²) in [5, 5.41) is 0.694. The zero-order valence-corrected chi connectivity index (χ0v) is 22.0. The van der Waals surface area contributed by atoms with E-state index in [2.05, 4.69) is 33.4 Å². The lowest BCUT2D eigenvalue weighted by Gasteiger charge is -2.16. The highest BCUT2D eigenvalue weighted by Gasteiger charge is 2.55. The molecule has 2 aliphatic heterocycles. The summed E-state index contributed by atoms with van der Waals surface area (Å²) in [5.41, 5.74) is 10.2. The molecule has 7 rings (SSSR count). The van der Waals surface area contributed by atoms with Gasteiger partial charge >= 0.3 is 0 Å². The highest BCUT2D eigenvalue weighted by Crippen LogP contribution is 2.53. The number of amides is 1. The molecule has 0 bridgehead atoms. The molecule has 10 heteroatoms. The lowest BCUT2D eigenvalue weighted by Crippen LogP contribution is -2.29. The van der Waals surface area contributed by atoms with E-state index in [1.165, 1.54) is 12.4 Å². The van der Waals surface area contributed by atoms with Gasteiger partial charge in [0.25, 0.3) is 0 Å². The van der Waals surface area contributed by atoms with E-state index in [9.17, 15) is 4.79 Å². The van der Waals surface area contributed by atoms with Gasteiger partial charge in [0.15, 0.2) is 11.5 Å². The standard InChI is InChI=1S/C30H26N6O4/c1-4-24(37)36-12-19-17(20(19)13-36)8-10-21-25(26-29(31)32-14-33-30(26)35(21)3)18-9-11-22(28-27(18)38-15-39-28)40-23-7-5-6-16(2)34-23/h4-7,9,11,14,17,19-20H,1,12-13,15H2,2-3H3,(H2,31,32,33)/t17-,19-,20+. The van der Waals surface area contributed by atoms with Crippen LogP contribution in [0.15, 0.2) is 49.3 Å². The number of aromatic nitrogens is 4. The van der Waals surface area contributed by atoms with E-state index >= 15 is 0 Å². The lowest BCUT2D eigenvalue weighted by atomic mass is 10.0. The lowest BCUT2D eigenvalue weighted by molar-refractivity contribution is -0.125. The summed E-state index contributed by atoms with van der Waals surface area (Å²) in [6.45, 7) is 6.98. The maximum Gasteiger partial charge on any atom is 0.245 e. The van der Waals surface area contributed by atoms with E-state index < -0.39 is 0 Å². The fourth-order valence-electron chi connectivity index (χ4n) is 5.82. The number of carbonyl (C=O) groups is 1. The average Bonchev–Trinajstić information content (AvgIpc) is 3.36. The fraction of sp³-hybridized carbons (Fsp3) is 0.267. The van der Waals surface area contributed by atoms with Crippen molar-refractivity contribution >= 4 is 22.8 Å². The maximum absolute atomic E-state index is 12.0. The number of pyridine rings is 1. The number of benzene rings is 1. The maximum atomic E-state index is 12.0. The van der Waals surface area contributed by atoms with Gasteiger partial charge in [0.2, 0.25) is 24.3 Å². The van der Waals surface area contributed by atoms with Crippen molar-refractivity contribution in [3.8, 4) is 46.1 Å². The molecule has 1 saturated heterocycles.